The molecule has 0 aliphatic rings. The third-order valence-corrected chi connectivity index (χ3v) is 6.88. The maximum atomic E-state index is 13.1. The van der Waals surface area contributed by atoms with Gasteiger partial charge in [-0.15, -0.1) is 0 Å². The van der Waals surface area contributed by atoms with E-state index in [2.05, 4.69) is 46.5 Å². The number of rotatable bonds is 14. The van der Waals surface area contributed by atoms with Gasteiger partial charge in [-0.2, -0.15) is 0 Å². The molecule has 4 rings (SSSR count). The molecule has 0 saturated carbocycles. The first-order valence-electron chi connectivity index (χ1n) is 13.5. The maximum absolute atomic E-state index is 13.1. The molecule has 2 atom stereocenters. The molecule has 0 unspecified atom stereocenters. The average Bonchev–Trinajstić information content (AvgIpc) is 3.34. The van der Waals surface area contributed by atoms with Gasteiger partial charge in [-0.1, -0.05) is 61.9 Å². The quantitative estimate of drug-likeness (QED) is 0.225. The molecule has 200 valence electrons. The summed E-state index contributed by atoms with van der Waals surface area (Å²) in [6.45, 7) is 4.15. The van der Waals surface area contributed by atoms with E-state index < -0.39 is 12.1 Å². The molecule has 1 heterocycles. The molecule has 38 heavy (non-hydrogen) atoms. The van der Waals surface area contributed by atoms with Gasteiger partial charge in [-0.3, -0.25) is 4.79 Å². The molecule has 1 aromatic heterocycles. The van der Waals surface area contributed by atoms with Crippen molar-refractivity contribution in [2.75, 3.05) is 13.7 Å². The number of carbonyl (C=O) groups excluding carboxylic acids is 1. The Morgan fingerprint density at radius 2 is 1.79 bits per heavy atom. The van der Waals surface area contributed by atoms with Gasteiger partial charge in [0.15, 0.2) is 0 Å². The smallest absolute Gasteiger partial charge is 0.224 e. The third-order valence-electron chi connectivity index (χ3n) is 6.88. The minimum Gasteiger partial charge on any atom is -0.497 e. The van der Waals surface area contributed by atoms with Crippen molar-refractivity contribution in [3.05, 3.63) is 102 Å². The van der Waals surface area contributed by atoms with Gasteiger partial charge in [-0.05, 0) is 65.3 Å². The summed E-state index contributed by atoms with van der Waals surface area (Å²) in [4.78, 5) is 13.1. The second kappa shape index (κ2) is 13.8. The highest BCUT2D eigenvalue weighted by Gasteiger charge is 2.22. The van der Waals surface area contributed by atoms with E-state index in [0.29, 0.717) is 19.5 Å². The molecule has 3 N–H and O–H groups in total. The van der Waals surface area contributed by atoms with Crippen LogP contribution in [-0.4, -0.2) is 41.4 Å². The van der Waals surface area contributed by atoms with E-state index in [0.717, 1.165) is 47.2 Å². The Kier molecular flexibility index (Phi) is 9.96. The Morgan fingerprint density at radius 3 is 2.58 bits per heavy atom. The van der Waals surface area contributed by atoms with E-state index in [4.69, 9.17) is 4.74 Å². The van der Waals surface area contributed by atoms with E-state index >= 15 is 0 Å². The Morgan fingerprint density at radius 1 is 0.974 bits per heavy atom. The summed E-state index contributed by atoms with van der Waals surface area (Å²) in [7, 11) is 1.65. The lowest BCUT2D eigenvalue weighted by Gasteiger charge is -2.25. The van der Waals surface area contributed by atoms with Crippen LogP contribution in [0.15, 0.2) is 85.1 Å². The number of aryl methyl sites for hydroxylation is 1. The van der Waals surface area contributed by atoms with Gasteiger partial charge >= 0.3 is 0 Å². The fourth-order valence-corrected chi connectivity index (χ4v) is 4.77. The number of aliphatic hydroxyl groups excluding tert-OH is 1. The molecule has 0 bridgehead atoms. The van der Waals surface area contributed by atoms with Crippen LogP contribution < -0.4 is 15.4 Å². The van der Waals surface area contributed by atoms with Crippen LogP contribution in [0.25, 0.3) is 10.9 Å². The van der Waals surface area contributed by atoms with Crippen LogP contribution in [0.3, 0.4) is 0 Å². The van der Waals surface area contributed by atoms with Gasteiger partial charge in [0, 0.05) is 31.3 Å². The predicted octanol–water partition coefficient (Wildman–Crippen LogP) is 4.87. The van der Waals surface area contributed by atoms with Crippen molar-refractivity contribution < 1.29 is 14.6 Å². The topological polar surface area (TPSA) is 75.5 Å². The Labute approximate surface area is 225 Å². The number of nitrogens with one attached hydrogen (secondary N) is 2. The summed E-state index contributed by atoms with van der Waals surface area (Å²) in [6.07, 6.45) is 4.49. The molecular formula is C32H39N3O3. The van der Waals surface area contributed by atoms with Crippen molar-refractivity contribution in [1.29, 1.82) is 0 Å². The third kappa shape index (κ3) is 7.70. The van der Waals surface area contributed by atoms with Crippen LogP contribution in [0.5, 0.6) is 5.75 Å². The summed E-state index contributed by atoms with van der Waals surface area (Å²) in [5.74, 6) is 0.706. The van der Waals surface area contributed by atoms with Gasteiger partial charge in [-0.25, -0.2) is 0 Å². The molecule has 0 saturated heterocycles. The number of unbranched alkanes of at least 4 members (excludes halogenated alkanes) is 1. The maximum Gasteiger partial charge on any atom is 0.224 e. The Balaban J connectivity index is 1.38. The zero-order chi connectivity index (χ0) is 26.7. The van der Waals surface area contributed by atoms with Crippen LogP contribution in [0.2, 0.25) is 0 Å². The van der Waals surface area contributed by atoms with E-state index in [1.54, 1.807) is 7.11 Å². The van der Waals surface area contributed by atoms with Crippen molar-refractivity contribution in [3.63, 3.8) is 0 Å². The van der Waals surface area contributed by atoms with Gasteiger partial charge in [0.1, 0.15) is 5.75 Å². The van der Waals surface area contributed by atoms with E-state index in [1.807, 2.05) is 60.7 Å². The molecular weight excluding hydrogens is 474 g/mol. The second-order valence-electron chi connectivity index (χ2n) is 9.85. The molecule has 3 aromatic carbocycles. The number of aromatic nitrogens is 1. The lowest BCUT2D eigenvalue weighted by molar-refractivity contribution is -0.122. The molecule has 1 amide bonds. The molecule has 0 aliphatic carbocycles. The van der Waals surface area contributed by atoms with E-state index in [9.17, 15) is 9.90 Å². The number of benzene rings is 3. The fourth-order valence-electron chi connectivity index (χ4n) is 4.77. The first-order chi connectivity index (χ1) is 18.6. The molecule has 0 aliphatic heterocycles. The van der Waals surface area contributed by atoms with Gasteiger partial charge in [0.05, 0.1) is 25.7 Å². The number of aliphatic hydroxyl groups is 1. The zero-order valence-electron chi connectivity index (χ0n) is 22.4. The monoisotopic (exact) mass is 513 g/mol. The van der Waals surface area contributed by atoms with Crippen molar-refractivity contribution in [2.45, 2.75) is 57.8 Å². The molecule has 6 nitrogen and oxygen atoms in total. The minimum atomic E-state index is -0.750. The number of amides is 1. The number of carbonyl (C=O) groups is 1. The highest BCUT2D eigenvalue weighted by molar-refractivity contribution is 5.84. The number of methoxy groups -OCH3 is 1. The first kappa shape index (κ1) is 27.4. The van der Waals surface area contributed by atoms with Crippen LogP contribution in [0.4, 0.5) is 0 Å². The molecule has 0 radical (unpaired) electrons. The van der Waals surface area contributed by atoms with Crippen molar-refractivity contribution in [1.82, 2.24) is 15.2 Å². The molecule has 0 fully saturated rings. The standard InChI is InChI=1S/C32H39N3O3/c1-3-4-16-35-17-15-27-18-25(13-14-30(27)35)21-32(37)34-29(20-24-9-6-5-7-10-24)31(36)23-33-22-26-11-8-12-28(19-26)38-2/h5-15,17-19,29,31,33,36H,3-4,16,20-23H2,1-2H3,(H,34,37)/t29-,31+/m0/s1. The highest BCUT2D eigenvalue weighted by Crippen LogP contribution is 2.19. The second-order valence-corrected chi connectivity index (χ2v) is 9.85. The molecule has 0 spiro atoms. The number of fused-ring (bicyclic) bond motifs is 1. The van der Waals surface area contributed by atoms with Crippen LogP contribution >= 0.6 is 0 Å². The van der Waals surface area contributed by atoms with E-state index in [1.165, 1.54) is 5.52 Å². The van der Waals surface area contributed by atoms with Crippen molar-refractivity contribution in [2.24, 2.45) is 0 Å². The Hall–Kier alpha value is -3.61. The first-order valence-corrected chi connectivity index (χ1v) is 13.5. The summed E-state index contributed by atoms with van der Waals surface area (Å²) in [6, 6.07) is 25.7. The van der Waals surface area contributed by atoms with Crippen molar-refractivity contribution >= 4 is 16.8 Å². The summed E-state index contributed by atoms with van der Waals surface area (Å²) < 4.78 is 7.57. The summed E-state index contributed by atoms with van der Waals surface area (Å²) in [5, 5.41) is 18.6. The van der Waals surface area contributed by atoms with Gasteiger partial charge in [0.2, 0.25) is 5.91 Å². The number of hydrogen-bond acceptors (Lipinski definition) is 4. The number of nitrogens with zero attached hydrogens (tertiary/aromatic N) is 1. The normalized spacial score (nSPS) is 12.8. The predicted molar refractivity (Wildman–Crippen MR) is 153 cm³/mol. The van der Waals surface area contributed by atoms with E-state index in [-0.39, 0.29) is 12.3 Å². The molecule has 6 heteroatoms. The lowest BCUT2D eigenvalue weighted by Crippen LogP contribution is -2.49. The highest BCUT2D eigenvalue weighted by atomic mass is 16.5. The fraction of sp³-hybridized carbons (Fsp3) is 0.344. The summed E-state index contributed by atoms with van der Waals surface area (Å²) in [5.41, 5.74) is 4.30. The summed E-state index contributed by atoms with van der Waals surface area (Å²) >= 11 is 0. The minimum absolute atomic E-state index is 0.0949. The largest absolute Gasteiger partial charge is 0.497 e. The van der Waals surface area contributed by atoms with Gasteiger partial charge < -0.3 is 25.0 Å². The molecule has 4 aromatic rings. The average molecular weight is 514 g/mol. The zero-order valence-corrected chi connectivity index (χ0v) is 22.4. The SMILES string of the molecule is CCCCn1ccc2cc(CC(=O)N[C@@H](Cc3ccccc3)[C@H](O)CNCc3cccc(OC)c3)ccc21. The van der Waals surface area contributed by atoms with Crippen LogP contribution in [-0.2, 0) is 30.7 Å². The number of ether oxygens (including phenoxy) is 1. The van der Waals surface area contributed by atoms with Crippen LogP contribution in [0, 0.1) is 0 Å². The lowest BCUT2D eigenvalue weighted by atomic mass is 10.00. The van der Waals surface area contributed by atoms with Gasteiger partial charge in [0.25, 0.3) is 0 Å². The van der Waals surface area contributed by atoms with Crippen LogP contribution in [0.1, 0.15) is 36.5 Å². The Bertz CT molecular complexity index is 1300. The van der Waals surface area contributed by atoms with Crippen molar-refractivity contribution in [3.8, 4) is 5.75 Å². The number of hydrogen-bond donors (Lipinski definition) is 3.